The molecule has 0 aliphatic rings. The first-order chi connectivity index (χ1) is 9.36. The van der Waals surface area contributed by atoms with Gasteiger partial charge in [-0.3, -0.25) is 9.59 Å². The maximum absolute atomic E-state index is 11.4. The van der Waals surface area contributed by atoms with Crippen molar-refractivity contribution >= 4 is 29.1 Å². The first kappa shape index (κ1) is 18.0. The third-order valence-electron chi connectivity index (χ3n) is 1.97. The van der Waals surface area contributed by atoms with Crippen LogP contribution in [-0.2, 0) is 19.2 Å². The van der Waals surface area contributed by atoms with Gasteiger partial charge in [0.05, 0.1) is 24.1 Å². The topological polar surface area (TPSA) is 120 Å². The van der Waals surface area contributed by atoms with Crippen LogP contribution in [0.3, 0.4) is 0 Å². The van der Waals surface area contributed by atoms with Gasteiger partial charge in [-0.05, 0) is 6.92 Å². The van der Waals surface area contributed by atoms with Gasteiger partial charge in [0.1, 0.15) is 6.61 Å². The Balaban J connectivity index is 4.30. The summed E-state index contributed by atoms with van der Waals surface area (Å²) < 4.78 is 4.77. The van der Waals surface area contributed by atoms with Gasteiger partial charge in [-0.15, -0.1) is 10.1 Å². The van der Waals surface area contributed by atoms with Crippen molar-refractivity contribution in [1.82, 2.24) is 10.6 Å². The molecule has 0 fully saturated rings. The lowest BCUT2D eigenvalue weighted by molar-refractivity contribution is -0.757. The van der Waals surface area contributed by atoms with E-state index in [2.05, 4.69) is 15.5 Å². The van der Waals surface area contributed by atoms with Crippen LogP contribution in [0.2, 0.25) is 0 Å². The van der Waals surface area contributed by atoms with Crippen molar-refractivity contribution in [2.75, 3.05) is 19.8 Å². The van der Waals surface area contributed by atoms with E-state index in [9.17, 15) is 19.7 Å². The quantitative estimate of drug-likeness (QED) is 0.193. The first-order valence-corrected chi connectivity index (χ1v) is 6.25. The molecule has 0 aliphatic carbocycles. The van der Waals surface area contributed by atoms with Crippen molar-refractivity contribution in [2.45, 2.75) is 26.3 Å². The smallest absolute Gasteiger partial charge is 0.308 e. The van der Waals surface area contributed by atoms with Gasteiger partial charge in [-0.1, -0.05) is 12.2 Å². The standard InChI is InChI=1S/C10H17N3O6S/c1-3-18-9(15)6-8(12-7(2)14)10(20)11-4-5-19-13(16)17/h8H,3-6H2,1-2H3,(H,11,20)(H,12,14)/t8-/m1/s1. The van der Waals surface area contributed by atoms with Gasteiger partial charge in [0, 0.05) is 13.5 Å². The van der Waals surface area contributed by atoms with Gasteiger partial charge in [0.15, 0.2) is 0 Å². The van der Waals surface area contributed by atoms with Crippen molar-refractivity contribution < 1.29 is 24.3 Å². The maximum atomic E-state index is 11.4. The second-order valence-electron chi connectivity index (χ2n) is 3.61. The summed E-state index contributed by atoms with van der Waals surface area (Å²) >= 11 is 5.02. The number of amides is 1. The van der Waals surface area contributed by atoms with E-state index >= 15 is 0 Å². The van der Waals surface area contributed by atoms with Crippen molar-refractivity contribution in [2.24, 2.45) is 0 Å². The Kier molecular flexibility index (Phi) is 8.92. The van der Waals surface area contributed by atoms with Gasteiger partial charge in [0.2, 0.25) is 5.91 Å². The van der Waals surface area contributed by atoms with E-state index in [0.29, 0.717) is 0 Å². The number of hydrogen-bond acceptors (Lipinski definition) is 7. The zero-order valence-corrected chi connectivity index (χ0v) is 12.0. The molecule has 2 N–H and O–H groups in total. The van der Waals surface area contributed by atoms with Crippen LogP contribution in [0.4, 0.5) is 0 Å². The number of ether oxygens (including phenoxy) is 1. The van der Waals surface area contributed by atoms with Gasteiger partial charge in [-0.2, -0.15) is 0 Å². The highest BCUT2D eigenvalue weighted by Crippen LogP contribution is 1.98. The fraction of sp³-hybridized carbons (Fsp3) is 0.700. The highest BCUT2D eigenvalue weighted by atomic mass is 32.1. The molecule has 0 saturated carbocycles. The van der Waals surface area contributed by atoms with E-state index < -0.39 is 17.1 Å². The summed E-state index contributed by atoms with van der Waals surface area (Å²) in [6.07, 6.45) is -0.116. The van der Waals surface area contributed by atoms with Crippen LogP contribution in [0, 0.1) is 10.1 Å². The van der Waals surface area contributed by atoms with Crippen molar-refractivity contribution in [3.63, 3.8) is 0 Å². The monoisotopic (exact) mass is 307 g/mol. The van der Waals surface area contributed by atoms with Gasteiger partial charge < -0.3 is 20.2 Å². The summed E-state index contributed by atoms with van der Waals surface area (Å²) in [6, 6.07) is -0.725. The second-order valence-corrected chi connectivity index (χ2v) is 4.05. The Hall–Kier alpha value is -1.97. The zero-order valence-electron chi connectivity index (χ0n) is 11.2. The molecule has 114 valence electrons. The lowest BCUT2D eigenvalue weighted by Gasteiger charge is -2.19. The van der Waals surface area contributed by atoms with Gasteiger partial charge in [0.25, 0.3) is 5.09 Å². The molecular weight excluding hydrogens is 290 g/mol. The molecule has 0 aromatic heterocycles. The molecule has 20 heavy (non-hydrogen) atoms. The van der Waals surface area contributed by atoms with Crippen LogP contribution in [0.25, 0.3) is 0 Å². The molecule has 9 nitrogen and oxygen atoms in total. The fourth-order valence-corrected chi connectivity index (χ4v) is 1.50. The van der Waals surface area contributed by atoms with E-state index in [-0.39, 0.29) is 37.1 Å². The zero-order chi connectivity index (χ0) is 15.5. The molecule has 0 bridgehead atoms. The molecule has 0 spiro atoms. The van der Waals surface area contributed by atoms with Crippen LogP contribution in [-0.4, -0.2) is 47.8 Å². The summed E-state index contributed by atoms with van der Waals surface area (Å²) in [7, 11) is 0. The average Bonchev–Trinajstić information content (AvgIpc) is 2.33. The third-order valence-corrected chi connectivity index (χ3v) is 2.40. The molecule has 0 radical (unpaired) electrons. The molecule has 0 heterocycles. The number of nitrogens with one attached hydrogen (secondary N) is 2. The van der Waals surface area contributed by atoms with Crippen LogP contribution < -0.4 is 10.6 Å². The van der Waals surface area contributed by atoms with E-state index in [1.54, 1.807) is 6.92 Å². The van der Waals surface area contributed by atoms with Crippen molar-refractivity contribution in [3.8, 4) is 0 Å². The Morgan fingerprint density at radius 2 is 2.10 bits per heavy atom. The van der Waals surface area contributed by atoms with Crippen LogP contribution >= 0.6 is 12.2 Å². The molecule has 0 unspecified atom stereocenters. The summed E-state index contributed by atoms with van der Waals surface area (Å²) in [6.45, 7) is 3.06. The minimum absolute atomic E-state index is 0.0821. The molecule has 0 aromatic rings. The summed E-state index contributed by atoms with van der Waals surface area (Å²) in [5.41, 5.74) is 0. The largest absolute Gasteiger partial charge is 0.466 e. The molecule has 0 rings (SSSR count). The Labute approximate surface area is 121 Å². The SMILES string of the molecule is CCOC(=O)C[C@@H](NC(C)=O)C(=S)NCCO[N+](=O)[O-]. The summed E-state index contributed by atoms with van der Waals surface area (Å²) in [5, 5.41) is 14.2. The number of carbonyl (C=O) groups excluding carboxylic acids is 2. The molecule has 10 heteroatoms. The number of thiocarbonyl (C=S) groups is 1. The van der Waals surface area contributed by atoms with Crippen LogP contribution in [0.15, 0.2) is 0 Å². The lowest BCUT2D eigenvalue weighted by atomic mass is 10.2. The Bertz CT molecular complexity index is 376. The Morgan fingerprint density at radius 3 is 2.60 bits per heavy atom. The number of carbonyl (C=O) groups is 2. The molecule has 0 saturated heterocycles. The number of nitrogens with zero attached hydrogens (tertiary/aromatic N) is 1. The predicted molar refractivity (Wildman–Crippen MR) is 72.4 cm³/mol. The van der Waals surface area contributed by atoms with E-state index in [1.807, 2.05) is 0 Å². The van der Waals surface area contributed by atoms with Gasteiger partial charge in [-0.25, -0.2) is 0 Å². The van der Waals surface area contributed by atoms with Crippen LogP contribution in [0.1, 0.15) is 20.3 Å². The van der Waals surface area contributed by atoms with Crippen LogP contribution in [0.5, 0.6) is 0 Å². The van der Waals surface area contributed by atoms with Crippen molar-refractivity contribution in [3.05, 3.63) is 10.1 Å². The average molecular weight is 307 g/mol. The van der Waals surface area contributed by atoms with Crippen molar-refractivity contribution in [1.29, 1.82) is 0 Å². The summed E-state index contributed by atoms with van der Waals surface area (Å²) in [5.74, 6) is -0.859. The van der Waals surface area contributed by atoms with Gasteiger partial charge >= 0.3 is 5.97 Å². The number of hydrogen-bond donors (Lipinski definition) is 2. The minimum atomic E-state index is -0.922. The fourth-order valence-electron chi connectivity index (χ4n) is 1.26. The molecule has 0 aromatic carbocycles. The van der Waals surface area contributed by atoms with E-state index in [1.165, 1.54) is 6.92 Å². The summed E-state index contributed by atoms with van der Waals surface area (Å²) in [4.78, 5) is 36.7. The van der Waals surface area contributed by atoms with E-state index in [4.69, 9.17) is 17.0 Å². The third kappa shape index (κ3) is 9.03. The number of rotatable bonds is 9. The maximum Gasteiger partial charge on any atom is 0.308 e. The lowest BCUT2D eigenvalue weighted by Crippen LogP contribution is -2.47. The molecule has 1 amide bonds. The first-order valence-electron chi connectivity index (χ1n) is 5.84. The van der Waals surface area contributed by atoms with E-state index in [0.717, 1.165) is 0 Å². The minimum Gasteiger partial charge on any atom is -0.466 e. The Morgan fingerprint density at radius 1 is 1.45 bits per heavy atom. The molecule has 0 aliphatic heterocycles. The highest BCUT2D eigenvalue weighted by molar-refractivity contribution is 7.80. The predicted octanol–water partition coefficient (Wildman–Crippen LogP) is -0.430. The highest BCUT2D eigenvalue weighted by Gasteiger charge is 2.20. The second kappa shape index (κ2) is 9.89. The number of esters is 1. The molecular formula is C10H17N3O6S. The molecule has 1 atom stereocenters. The normalized spacial score (nSPS) is 11.1.